The molecule has 0 amide bonds. The van der Waals surface area contributed by atoms with E-state index in [9.17, 15) is 14.4 Å². The molecule has 3 aromatic rings. The van der Waals surface area contributed by atoms with Crippen LogP contribution >= 0.6 is 0 Å². The molecule has 7 heteroatoms. The van der Waals surface area contributed by atoms with Crippen molar-refractivity contribution in [2.24, 2.45) is 0 Å². The van der Waals surface area contributed by atoms with E-state index in [0.717, 1.165) is 16.7 Å². The molecule has 0 aliphatic heterocycles. The van der Waals surface area contributed by atoms with E-state index in [1.54, 1.807) is 36.4 Å². The Morgan fingerprint density at radius 3 is 0.650 bits per heavy atom. The Morgan fingerprint density at radius 1 is 0.400 bits per heavy atom. The normalized spacial score (nSPS) is 11.0. The first-order valence-corrected chi connectivity index (χ1v) is 12.7. The number of carboxylic acids is 3. The Kier molecular flexibility index (Phi) is 13.6. The van der Waals surface area contributed by atoms with Gasteiger partial charge in [0, 0.05) is 17.4 Å². The van der Waals surface area contributed by atoms with Crippen molar-refractivity contribution in [3.05, 3.63) is 106 Å². The zero-order valence-electron chi connectivity index (χ0n) is 25.1. The van der Waals surface area contributed by atoms with Gasteiger partial charge in [0.15, 0.2) is 0 Å². The molecule has 0 atom stereocenters. The summed E-state index contributed by atoms with van der Waals surface area (Å²) < 4.78 is 0. The quantitative estimate of drug-likeness (QED) is 0.283. The molecule has 0 aliphatic carbocycles. The highest BCUT2D eigenvalue weighted by atomic mass is 27.0. The van der Waals surface area contributed by atoms with Crippen LogP contribution in [0.4, 0.5) is 0 Å². The summed E-state index contributed by atoms with van der Waals surface area (Å²) >= 11 is 0. The first kappa shape index (κ1) is 36.6. The predicted molar refractivity (Wildman–Crippen MR) is 162 cm³/mol. The van der Waals surface area contributed by atoms with Crippen LogP contribution in [-0.4, -0.2) is 50.6 Å². The van der Waals surface area contributed by atoms with Gasteiger partial charge in [-0.2, -0.15) is 0 Å². The van der Waals surface area contributed by atoms with Gasteiger partial charge in [0.05, 0.1) is 16.7 Å². The summed E-state index contributed by atoms with van der Waals surface area (Å²) in [6.07, 6.45) is 0. The van der Waals surface area contributed by atoms with Gasteiger partial charge in [0.2, 0.25) is 0 Å². The van der Waals surface area contributed by atoms with Crippen molar-refractivity contribution in [3.8, 4) is 0 Å². The number of carbonyl (C=O) groups is 3. The number of aromatic carboxylic acids is 3. The molecule has 0 unspecified atom stereocenters. The average Bonchev–Trinajstić information content (AvgIpc) is 2.83. The molecule has 0 spiro atoms. The molecule has 0 saturated heterocycles. The molecule has 6 nitrogen and oxygen atoms in total. The second-order valence-corrected chi connectivity index (χ2v) is 12.4. The molecule has 0 heterocycles. The Morgan fingerprint density at radius 2 is 0.550 bits per heavy atom. The van der Waals surface area contributed by atoms with E-state index in [0.29, 0.717) is 16.7 Å². The van der Waals surface area contributed by atoms with E-state index in [1.807, 2.05) is 36.4 Å². The SMILES string of the molecule is CC(C)(C)c1ccc(C(=O)O)cc1.CC(C)(C)c1ccc(C(=O)O)cc1.CC(C)(C)c1ccc(C(=O)O)cc1.[Al]. The van der Waals surface area contributed by atoms with Gasteiger partial charge >= 0.3 is 17.9 Å². The molecule has 0 aliphatic rings. The van der Waals surface area contributed by atoms with Crippen molar-refractivity contribution in [3.63, 3.8) is 0 Å². The molecule has 3 radical (unpaired) electrons. The molecule has 0 saturated carbocycles. The molecule has 3 rings (SSSR count). The van der Waals surface area contributed by atoms with Crippen LogP contribution in [0.5, 0.6) is 0 Å². The van der Waals surface area contributed by atoms with E-state index < -0.39 is 17.9 Å². The van der Waals surface area contributed by atoms with Crippen LogP contribution in [-0.2, 0) is 16.2 Å². The van der Waals surface area contributed by atoms with Gasteiger partial charge < -0.3 is 15.3 Å². The standard InChI is InChI=1S/3C11H14O2.Al/c3*1-11(2,3)9-6-4-8(5-7-9)10(12)13;/h3*4-7H,1-3H3,(H,12,13);. The molecule has 0 bridgehead atoms. The molecular weight excluding hydrogens is 519 g/mol. The minimum absolute atomic E-state index is 0. The van der Waals surface area contributed by atoms with Crippen LogP contribution in [0.3, 0.4) is 0 Å². The summed E-state index contributed by atoms with van der Waals surface area (Å²) in [5.74, 6) is -2.62. The van der Waals surface area contributed by atoms with Crippen LogP contribution in [0, 0.1) is 0 Å². The van der Waals surface area contributed by atoms with E-state index in [4.69, 9.17) is 15.3 Å². The minimum Gasteiger partial charge on any atom is -0.478 e. The second kappa shape index (κ2) is 14.8. The molecular formula is C33H42AlO6. The van der Waals surface area contributed by atoms with Crippen LogP contribution in [0.25, 0.3) is 0 Å². The summed E-state index contributed by atoms with van der Waals surface area (Å²) in [5, 5.41) is 26.0. The summed E-state index contributed by atoms with van der Waals surface area (Å²) in [5.41, 5.74) is 4.71. The lowest BCUT2D eigenvalue weighted by Crippen LogP contribution is -2.11. The highest BCUT2D eigenvalue weighted by Gasteiger charge is 2.15. The second-order valence-electron chi connectivity index (χ2n) is 12.4. The topological polar surface area (TPSA) is 112 Å². The Bertz CT molecular complexity index is 1080. The summed E-state index contributed by atoms with van der Waals surface area (Å²) in [6, 6.07) is 21.0. The maximum Gasteiger partial charge on any atom is 0.335 e. The number of hydrogen-bond acceptors (Lipinski definition) is 3. The smallest absolute Gasteiger partial charge is 0.335 e. The van der Waals surface area contributed by atoms with Gasteiger partial charge in [-0.1, -0.05) is 98.7 Å². The molecule has 213 valence electrons. The van der Waals surface area contributed by atoms with Crippen LogP contribution in [0.1, 0.15) is 110 Å². The third-order valence-electron chi connectivity index (χ3n) is 5.99. The van der Waals surface area contributed by atoms with E-state index in [-0.39, 0.29) is 33.6 Å². The van der Waals surface area contributed by atoms with E-state index >= 15 is 0 Å². The first-order chi connectivity index (χ1) is 17.7. The maximum atomic E-state index is 10.6. The largest absolute Gasteiger partial charge is 0.478 e. The summed E-state index contributed by atoms with van der Waals surface area (Å²) in [7, 11) is 0. The summed E-state index contributed by atoms with van der Waals surface area (Å²) in [4.78, 5) is 31.7. The Labute approximate surface area is 249 Å². The maximum absolute atomic E-state index is 10.6. The van der Waals surface area contributed by atoms with Crippen molar-refractivity contribution < 1.29 is 29.7 Å². The van der Waals surface area contributed by atoms with Crippen molar-refractivity contribution in [2.75, 3.05) is 0 Å². The van der Waals surface area contributed by atoms with Gasteiger partial charge in [-0.15, -0.1) is 0 Å². The number of carboxylic acid groups (broad SMARTS) is 3. The van der Waals surface area contributed by atoms with Crippen molar-refractivity contribution in [1.29, 1.82) is 0 Å². The molecule has 3 aromatic carbocycles. The lowest BCUT2D eigenvalue weighted by Gasteiger charge is -2.18. The lowest BCUT2D eigenvalue weighted by molar-refractivity contribution is 0.0686. The van der Waals surface area contributed by atoms with Gasteiger partial charge in [-0.25, -0.2) is 14.4 Å². The zero-order valence-corrected chi connectivity index (χ0v) is 26.2. The van der Waals surface area contributed by atoms with Crippen LogP contribution in [0.15, 0.2) is 72.8 Å². The fourth-order valence-electron chi connectivity index (χ4n) is 3.34. The molecule has 0 fully saturated rings. The van der Waals surface area contributed by atoms with Gasteiger partial charge in [-0.3, -0.25) is 0 Å². The minimum atomic E-state index is -0.875. The van der Waals surface area contributed by atoms with E-state index in [1.165, 1.54) is 0 Å². The van der Waals surface area contributed by atoms with Crippen LogP contribution < -0.4 is 0 Å². The zero-order chi connectivity index (χ0) is 30.2. The fourth-order valence-corrected chi connectivity index (χ4v) is 3.34. The fraction of sp³-hybridized carbons (Fsp3) is 0.364. The third-order valence-corrected chi connectivity index (χ3v) is 5.99. The predicted octanol–water partition coefficient (Wildman–Crippen LogP) is 7.67. The first-order valence-electron chi connectivity index (χ1n) is 12.7. The lowest BCUT2D eigenvalue weighted by atomic mass is 9.87. The summed E-state index contributed by atoms with van der Waals surface area (Å²) in [6.45, 7) is 18.9. The highest BCUT2D eigenvalue weighted by molar-refractivity contribution is 5.88. The third kappa shape index (κ3) is 12.2. The Hall–Kier alpha value is -3.40. The van der Waals surface area contributed by atoms with Crippen molar-refractivity contribution in [2.45, 2.75) is 78.6 Å². The van der Waals surface area contributed by atoms with Gasteiger partial charge in [-0.05, 0) is 69.3 Å². The molecule has 3 N–H and O–H groups in total. The number of rotatable bonds is 3. The molecule has 0 aromatic heterocycles. The average molecular weight is 562 g/mol. The van der Waals surface area contributed by atoms with Gasteiger partial charge in [0.25, 0.3) is 0 Å². The van der Waals surface area contributed by atoms with Gasteiger partial charge in [0.1, 0.15) is 0 Å². The number of hydrogen-bond donors (Lipinski definition) is 3. The van der Waals surface area contributed by atoms with Crippen molar-refractivity contribution >= 4 is 35.3 Å². The van der Waals surface area contributed by atoms with E-state index in [2.05, 4.69) is 62.3 Å². The Balaban J connectivity index is 0.000000563. The molecule has 40 heavy (non-hydrogen) atoms. The highest BCUT2D eigenvalue weighted by Crippen LogP contribution is 2.23. The van der Waals surface area contributed by atoms with Crippen LogP contribution in [0.2, 0.25) is 0 Å². The monoisotopic (exact) mass is 561 g/mol. The number of benzene rings is 3. The van der Waals surface area contributed by atoms with Crippen molar-refractivity contribution in [1.82, 2.24) is 0 Å².